The molecule has 38 valence electrons. The van der Waals surface area contributed by atoms with E-state index in [9.17, 15) is 0 Å². The number of rotatable bonds is 0. The molecular weight excluding hydrogens is 148 g/mol. The van der Waals surface area contributed by atoms with Crippen LogP contribution < -0.4 is 0 Å². The summed E-state index contributed by atoms with van der Waals surface area (Å²) in [6.07, 6.45) is 0. The Balaban J connectivity index is 3.12. The molecule has 3 heteroatoms. The van der Waals surface area contributed by atoms with Crippen LogP contribution in [0.25, 0.3) is 0 Å². The highest BCUT2D eigenvalue weighted by Gasteiger charge is 1.90. The lowest BCUT2D eigenvalue weighted by molar-refractivity contribution is 1.62. The first-order chi connectivity index (χ1) is 3.30. The fourth-order valence-electron chi connectivity index (χ4n) is 0.275. The molecule has 0 unspecified atom stereocenters. The first kappa shape index (κ1) is 5.48. The Morgan fingerprint density at radius 1 is 1.57 bits per heavy atom. The van der Waals surface area contributed by atoms with Crippen LogP contribution in [0.4, 0.5) is 0 Å². The fourth-order valence-corrected chi connectivity index (χ4v) is 1.45. The van der Waals surface area contributed by atoms with Gasteiger partial charge in [-0.25, -0.2) is 0 Å². The van der Waals surface area contributed by atoms with Gasteiger partial charge in [-0.15, -0.1) is 24.0 Å². The maximum absolute atomic E-state index is 5.56. The summed E-state index contributed by atoms with van der Waals surface area (Å²) in [6, 6.07) is 0. The van der Waals surface area contributed by atoms with Gasteiger partial charge >= 0.3 is 0 Å². The van der Waals surface area contributed by atoms with Gasteiger partial charge < -0.3 is 0 Å². The van der Waals surface area contributed by atoms with Gasteiger partial charge in [-0.1, -0.05) is 11.6 Å². The Bertz CT molecular complexity index is 142. The number of hydrogen-bond acceptors (Lipinski definition) is 2. The highest BCUT2D eigenvalue weighted by atomic mass is 35.5. The second-order valence-corrected chi connectivity index (χ2v) is 2.74. The van der Waals surface area contributed by atoms with Crippen molar-refractivity contribution < 1.29 is 0 Å². The molecule has 0 aliphatic heterocycles. The van der Waals surface area contributed by atoms with Crippen LogP contribution in [0.5, 0.6) is 0 Å². The molecule has 0 saturated carbocycles. The van der Waals surface area contributed by atoms with Crippen molar-refractivity contribution in [2.24, 2.45) is 0 Å². The number of hydrogen-bond donors (Lipinski definition) is 1. The van der Waals surface area contributed by atoms with E-state index in [-0.39, 0.29) is 0 Å². The van der Waals surface area contributed by atoms with Crippen LogP contribution in [-0.4, -0.2) is 0 Å². The maximum Gasteiger partial charge on any atom is 0.0646 e. The van der Waals surface area contributed by atoms with Crippen LogP contribution in [0.1, 0.15) is 0 Å². The van der Waals surface area contributed by atoms with Gasteiger partial charge in [-0.2, -0.15) is 0 Å². The van der Waals surface area contributed by atoms with Crippen molar-refractivity contribution in [3.8, 4) is 0 Å². The van der Waals surface area contributed by atoms with Gasteiger partial charge in [0.1, 0.15) is 0 Å². The smallest absolute Gasteiger partial charge is 0.0646 e. The Labute approximate surface area is 56.5 Å². The molecule has 0 N–H and O–H groups in total. The van der Waals surface area contributed by atoms with Crippen LogP contribution in [-0.2, 0) is 0 Å². The van der Waals surface area contributed by atoms with Gasteiger partial charge in [-0.05, 0) is 0 Å². The van der Waals surface area contributed by atoms with E-state index in [1.807, 2.05) is 10.8 Å². The molecule has 0 aliphatic rings. The van der Waals surface area contributed by atoms with E-state index in [0.717, 1.165) is 9.92 Å². The van der Waals surface area contributed by atoms with Crippen LogP contribution in [0.2, 0.25) is 5.02 Å². The van der Waals surface area contributed by atoms with E-state index in [1.54, 1.807) is 11.3 Å². The van der Waals surface area contributed by atoms with Gasteiger partial charge in [-0.3, -0.25) is 0 Å². The van der Waals surface area contributed by atoms with Crippen LogP contribution >= 0.6 is 35.6 Å². The predicted octanol–water partition coefficient (Wildman–Crippen LogP) is 2.69. The molecule has 1 heterocycles. The van der Waals surface area contributed by atoms with Crippen LogP contribution in [0.15, 0.2) is 15.7 Å². The predicted molar refractivity (Wildman–Crippen MR) is 36.6 cm³/mol. The quantitative estimate of drug-likeness (QED) is 0.541. The van der Waals surface area contributed by atoms with Crippen LogP contribution in [0, 0.1) is 0 Å². The van der Waals surface area contributed by atoms with E-state index in [2.05, 4.69) is 12.6 Å². The molecule has 0 nitrogen and oxygen atoms in total. The van der Waals surface area contributed by atoms with Gasteiger partial charge in [0, 0.05) is 15.7 Å². The molecule has 1 aromatic heterocycles. The summed E-state index contributed by atoms with van der Waals surface area (Å²) in [6.45, 7) is 0. The van der Waals surface area contributed by atoms with Gasteiger partial charge in [0.05, 0.1) is 5.02 Å². The number of halogens is 1. The SMILES string of the molecule is Sc1cscc1Cl. The molecule has 0 atom stereocenters. The molecule has 1 rings (SSSR count). The van der Waals surface area contributed by atoms with Crippen molar-refractivity contribution in [2.75, 3.05) is 0 Å². The second kappa shape index (κ2) is 2.07. The summed E-state index contributed by atoms with van der Waals surface area (Å²) < 4.78 is 0. The highest BCUT2D eigenvalue weighted by Crippen LogP contribution is 2.22. The van der Waals surface area contributed by atoms with E-state index in [4.69, 9.17) is 11.6 Å². The Hall–Kier alpha value is 0.340. The second-order valence-electron chi connectivity index (χ2n) is 1.10. The molecule has 0 amide bonds. The minimum absolute atomic E-state index is 0.744. The molecule has 0 aliphatic carbocycles. The largest absolute Gasteiger partial charge is 0.150 e. The summed E-state index contributed by atoms with van der Waals surface area (Å²) in [4.78, 5) is 0.867. The summed E-state index contributed by atoms with van der Waals surface area (Å²) in [5.74, 6) is 0. The summed E-state index contributed by atoms with van der Waals surface area (Å²) in [7, 11) is 0. The van der Waals surface area contributed by atoms with Gasteiger partial charge in [0.2, 0.25) is 0 Å². The van der Waals surface area contributed by atoms with E-state index in [0.29, 0.717) is 0 Å². The van der Waals surface area contributed by atoms with E-state index < -0.39 is 0 Å². The normalized spacial score (nSPS) is 9.43. The molecule has 1 aromatic rings. The molecule has 0 saturated heterocycles. The topological polar surface area (TPSA) is 0 Å². The summed E-state index contributed by atoms with van der Waals surface area (Å²) in [5.41, 5.74) is 0. The van der Waals surface area contributed by atoms with Crippen molar-refractivity contribution >= 4 is 35.6 Å². The third kappa shape index (κ3) is 1.12. The number of thiophene rings is 1. The first-order valence-electron chi connectivity index (χ1n) is 1.71. The highest BCUT2D eigenvalue weighted by molar-refractivity contribution is 7.80. The molecule has 0 bridgehead atoms. The monoisotopic (exact) mass is 150 g/mol. The summed E-state index contributed by atoms with van der Waals surface area (Å²) >= 11 is 11.1. The van der Waals surface area contributed by atoms with Crippen molar-refractivity contribution in [3.63, 3.8) is 0 Å². The number of thiol groups is 1. The zero-order chi connectivity index (χ0) is 5.28. The molecule has 7 heavy (non-hydrogen) atoms. The molecule has 0 aromatic carbocycles. The zero-order valence-corrected chi connectivity index (χ0v) is 5.85. The van der Waals surface area contributed by atoms with Crippen molar-refractivity contribution in [3.05, 3.63) is 15.8 Å². The minimum Gasteiger partial charge on any atom is -0.150 e. The van der Waals surface area contributed by atoms with Crippen molar-refractivity contribution in [1.29, 1.82) is 0 Å². The van der Waals surface area contributed by atoms with Gasteiger partial charge in [0.25, 0.3) is 0 Å². The standard InChI is InChI=1S/C4H3ClS2/c5-3-1-7-2-4(3)6/h1-2,6H. The third-order valence-corrected chi connectivity index (χ3v) is 2.46. The molecular formula is C4H3ClS2. The van der Waals surface area contributed by atoms with Gasteiger partial charge in [0.15, 0.2) is 0 Å². The molecule has 0 fully saturated rings. The van der Waals surface area contributed by atoms with Crippen molar-refractivity contribution in [2.45, 2.75) is 4.90 Å². The Morgan fingerprint density at radius 2 is 2.29 bits per heavy atom. The third-order valence-electron chi connectivity index (χ3n) is 0.596. The first-order valence-corrected chi connectivity index (χ1v) is 3.48. The van der Waals surface area contributed by atoms with E-state index in [1.165, 1.54) is 0 Å². The van der Waals surface area contributed by atoms with E-state index >= 15 is 0 Å². The summed E-state index contributed by atoms with van der Waals surface area (Å²) in [5, 5.41) is 4.49. The lowest BCUT2D eigenvalue weighted by Gasteiger charge is -1.75. The maximum atomic E-state index is 5.56. The zero-order valence-electron chi connectivity index (χ0n) is 3.39. The minimum atomic E-state index is 0.744. The average molecular weight is 151 g/mol. The fraction of sp³-hybridized carbons (Fsp3) is 0. The molecule has 0 radical (unpaired) electrons. The average Bonchev–Trinajstić information content (AvgIpc) is 1.91. The van der Waals surface area contributed by atoms with Crippen LogP contribution in [0.3, 0.4) is 0 Å². The lowest BCUT2D eigenvalue weighted by atomic mass is 10.7. The van der Waals surface area contributed by atoms with Crippen molar-refractivity contribution in [1.82, 2.24) is 0 Å². The molecule has 0 spiro atoms. The Kier molecular flexibility index (Phi) is 1.62. The lowest BCUT2D eigenvalue weighted by Crippen LogP contribution is -1.47. The Morgan fingerprint density at radius 3 is 2.43 bits per heavy atom.